The standard InChI is InChI=1S/C13H16FNO5S/c1-8-6-15(7-9(2)20-8)21(18,19)10-3-4-12(14)11(5-10)13(16)17/h3-5,8-9H,6-7H2,1-2H3,(H,16,17)/t8-,9-/m1/s1. The van der Waals surface area contributed by atoms with Crippen molar-refractivity contribution < 1.29 is 27.4 Å². The lowest BCUT2D eigenvalue weighted by Crippen LogP contribution is -2.48. The molecule has 1 aromatic rings. The van der Waals surface area contributed by atoms with Crippen LogP contribution < -0.4 is 0 Å². The number of ether oxygens (including phenoxy) is 1. The number of halogens is 1. The van der Waals surface area contributed by atoms with Gasteiger partial charge in [-0.2, -0.15) is 4.31 Å². The van der Waals surface area contributed by atoms with E-state index in [1.807, 2.05) is 0 Å². The van der Waals surface area contributed by atoms with Gasteiger partial charge >= 0.3 is 5.97 Å². The molecule has 0 saturated carbocycles. The van der Waals surface area contributed by atoms with E-state index in [0.29, 0.717) is 0 Å². The number of benzene rings is 1. The van der Waals surface area contributed by atoms with E-state index in [2.05, 4.69) is 0 Å². The van der Waals surface area contributed by atoms with Crippen LogP contribution in [0.25, 0.3) is 0 Å². The van der Waals surface area contributed by atoms with Gasteiger partial charge in [-0.3, -0.25) is 0 Å². The molecule has 0 bridgehead atoms. The minimum Gasteiger partial charge on any atom is -0.478 e. The van der Waals surface area contributed by atoms with Gasteiger partial charge in [-0.25, -0.2) is 17.6 Å². The number of hydrogen-bond donors (Lipinski definition) is 1. The van der Waals surface area contributed by atoms with Crippen LogP contribution in [0.15, 0.2) is 23.1 Å². The SMILES string of the molecule is C[C@@H]1CN(S(=O)(=O)c2ccc(F)c(C(=O)O)c2)C[C@@H](C)O1. The Kier molecular flexibility index (Phi) is 4.31. The number of sulfonamides is 1. The summed E-state index contributed by atoms with van der Waals surface area (Å²) in [5.74, 6) is -2.47. The summed E-state index contributed by atoms with van der Waals surface area (Å²) in [6.45, 7) is 3.86. The first kappa shape index (κ1) is 15.9. The van der Waals surface area contributed by atoms with Crippen molar-refractivity contribution in [1.82, 2.24) is 4.31 Å². The normalized spacial score (nSPS) is 24.0. The van der Waals surface area contributed by atoms with Crippen molar-refractivity contribution >= 4 is 16.0 Å². The Bertz CT molecular complexity index is 651. The molecule has 1 aliphatic heterocycles. The molecule has 0 radical (unpaired) electrons. The highest BCUT2D eigenvalue weighted by molar-refractivity contribution is 7.89. The maximum absolute atomic E-state index is 13.4. The number of rotatable bonds is 3. The summed E-state index contributed by atoms with van der Waals surface area (Å²) >= 11 is 0. The number of aromatic carboxylic acids is 1. The van der Waals surface area contributed by atoms with Gasteiger partial charge in [0.1, 0.15) is 5.82 Å². The molecule has 1 aliphatic rings. The van der Waals surface area contributed by atoms with Crippen LogP contribution in [0.4, 0.5) is 4.39 Å². The van der Waals surface area contributed by atoms with Gasteiger partial charge in [-0.15, -0.1) is 0 Å². The van der Waals surface area contributed by atoms with E-state index in [1.54, 1.807) is 13.8 Å². The lowest BCUT2D eigenvalue weighted by Gasteiger charge is -2.34. The van der Waals surface area contributed by atoms with Crippen molar-refractivity contribution in [3.8, 4) is 0 Å². The van der Waals surface area contributed by atoms with Crippen LogP contribution in [0.5, 0.6) is 0 Å². The highest BCUT2D eigenvalue weighted by Gasteiger charge is 2.32. The third kappa shape index (κ3) is 3.22. The van der Waals surface area contributed by atoms with E-state index in [0.717, 1.165) is 18.2 Å². The van der Waals surface area contributed by atoms with E-state index in [9.17, 15) is 17.6 Å². The third-order valence-corrected chi connectivity index (χ3v) is 5.02. The molecule has 21 heavy (non-hydrogen) atoms. The largest absolute Gasteiger partial charge is 0.478 e. The van der Waals surface area contributed by atoms with Crippen LogP contribution in [0, 0.1) is 5.82 Å². The van der Waals surface area contributed by atoms with Crippen molar-refractivity contribution in [2.45, 2.75) is 31.0 Å². The summed E-state index contributed by atoms with van der Waals surface area (Å²) in [7, 11) is -3.88. The first-order valence-electron chi connectivity index (χ1n) is 6.40. The molecule has 0 spiro atoms. The zero-order valence-corrected chi connectivity index (χ0v) is 12.4. The van der Waals surface area contributed by atoms with Crippen LogP contribution in [-0.2, 0) is 14.8 Å². The molecule has 2 atom stereocenters. The Balaban J connectivity index is 2.40. The van der Waals surface area contributed by atoms with Gasteiger partial charge < -0.3 is 9.84 Å². The van der Waals surface area contributed by atoms with E-state index < -0.39 is 27.4 Å². The summed E-state index contributed by atoms with van der Waals surface area (Å²) in [5.41, 5.74) is -0.662. The zero-order chi connectivity index (χ0) is 15.8. The Labute approximate surface area is 122 Å². The topological polar surface area (TPSA) is 83.9 Å². The molecular weight excluding hydrogens is 301 g/mol. The first-order valence-corrected chi connectivity index (χ1v) is 7.84. The second-order valence-electron chi connectivity index (χ2n) is 5.03. The molecule has 1 fully saturated rings. The molecule has 8 heteroatoms. The quantitative estimate of drug-likeness (QED) is 0.909. The van der Waals surface area contributed by atoms with Crippen LogP contribution >= 0.6 is 0 Å². The minimum atomic E-state index is -3.88. The van der Waals surface area contributed by atoms with Crippen LogP contribution in [0.1, 0.15) is 24.2 Å². The van der Waals surface area contributed by atoms with E-state index in [1.165, 1.54) is 4.31 Å². The highest BCUT2D eigenvalue weighted by Crippen LogP contribution is 2.23. The van der Waals surface area contributed by atoms with Crippen LogP contribution in [-0.4, -0.2) is 49.1 Å². The summed E-state index contributed by atoms with van der Waals surface area (Å²) in [5, 5.41) is 8.88. The van der Waals surface area contributed by atoms with Gasteiger partial charge in [-0.05, 0) is 32.0 Å². The number of hydrogen-bond acceptors (Lipinski definition) is 4. The van der Waals surface area contributed by atoms with Crippen molar-refractivity contribution in [3.63, 3.8) is 0 Å². The highest BCUT2D eigenvalue weighted by atomic mass is 32.2. The molecule has 116 valence electrons. The fraction of sp³-hybridized carbons (Fsp3) is 0.462. The average Bonchev–Trinajstić information content (AvgIpc) is 2.37. The third-order valence-electron chi connectivity index (χ3n) is 3.19. The monoisotopic (exact) mass is 317 g/mol. The second-order valence-corrected chi connectivity index (χ2v) is 6.96. The molecule has 2 rings (SSSR count). The van der Waals surface area contributed by atoms with E-state index in [4.69, 9.17) is 9.84 Å². The Morgan fingerprint density at radius 1 is 1.33 bits per heavy atom. The zero-order valence-electron chi connectivity index (χ0n) is 11.6. The lowest BCUT2D eigenvalue weighted by atomic mass is 10.2. The molecule has 0 unspecified atom stereocenters. The number of morpholine rings is 1. The number of carbonyl (C=O) groups is 1. The minimum absolute atomic E-state index is 0.173. The Morgan fingerprint density at radius 2 is 1.90 bits per heavy atom. The molecule has 0 aliphatic carbocycles. The predicted octanol–water partition coefficient (Wildman–Crippen LogP) is 1.32. The second kappa shape index (κ2) is 5.70. The average molecular weight is 317 g/mol. The van der Waals surface area contributed by atoms with Crippen molar-refractivity contribution in [2.24, 2.45) is 0 Å². The van der Waals surface area contributed by atoms with Gasteiger partial charge in [0.05, 0.1) is 22.7 Å². The van der Waals surface area contributed by atoms with Crippen molar-refractivity contribution in [2.75, 3.05) is 13.1 Å². The van der Waals surface area contributed by atoms with E-state index >= 15 is 0 Å². The van der Waals surface area contributed by atoms with Crippen molar-refractivity contribution in [1.29, 1.82) is 0 Å². The fourth-order valence-corrected chi connectivity index (χ4v) is 3.92. The molecule has 1 N–H and O–H groups in total. The van der Waals surface area contributed by atoms with E-state index in [-0.39, 0.29) is 30.2 Å². The summed E-state index contributed by atoms with van der Waals surface area (Å²) in [6, 6.07) is 2.77. The molecule has 1 aromatic carbocycles. The molecule has 1 heterocycles. The van der Waals surface area contributed by atoms with Crippen LogP contribution in [0.2, 0.25) is 0 Å². The maximum Gasteiger partial charge on any atom is 0.338 e. The first-order chi connectivity index (χ1) is 9.71. The maximum atomic E-state index is 13.4. The fourth-order valence-electron chi connectivity index (χ4n) is 2.30. The Hall–Kier alpha value is -1.51. The molecule has 6 nitrogen and oxygen atoms in total. The number of carboxylic acids is 1. The van der Waals surface area contributed by atoms with Gasteiger partial charge in [0.15, 0.2) is 0 Å². The van der Waals surface area contributed by atoms with Gasteiger partial charge in [0.2, 0.25) is 10.0 Å². The van der Waals surface area contributed by atoms with Crippen LogP contribution in [0.3, 0.4) is 0 Å². The van der Waals surface area contributed by atoms with Gasteiger partial charge in [-0.1, -0.05) is 0 Å². The molecular formula is C13H16FNO5S. The lowest BCUT2D eigenvalue weighted by molar-refractivity contribution is -0.0440. The van der Waals surface area contributed by atoms with Gasteiger partial charge in [0, 0.05) is 13.1 Å². The number of nitrogens with zero attached hydrogens (tertiary/aromatic N) is 1. The molecule has 1 saturated heterocycles. The summed E-state index contributed by atoms with van der Waals surface area (Å²) < 4.78 is 45.1. The predicted molar refractivity (Wildman–Crippen MR) is 72.1 cm³/mol. The molecule has 0 aromatic heterocycles. The smallest absolute Gasteiger partial charge is 0.338 e. The Morgan fingerprint density at radius 3 is 2.43 bits per heavy atom. The molecule has 0 amide bonds. The summed E-state index contributed by atoms with van der Waals surface area (Å²) in [6.07, 6.45) is -0.522. The van der Waals surface area contributed by atoms with Gasteiger partial charge in [0.25, 0.3) is 0 Å². The van der Waals surface area contributed by atoms with Crippen molar-refractivity contribution in [3.05, 3.63) is 29.6 Å². The summed E-state index contributed by atoms with van der Waals surface area (Å²) in [4.78, 5) is 10.7. The number of carboxylic acid groups (broad SMARTS) is 1.